The Kier molecular flexibility index (Phi) is 2.74. The summed E-state index contributed by atoms with van der Waals surface area (Å²) < 4.78 is 1.84. The zero-order valence-corrected chi connectivity index (χ0v) is 8.98. The number of hydrogen-bond acceptors (Lipinski definition) is 3. The average Bonchev–Trinajstić information content (AvgIpc) is 2.98. The van der Waals surface area contributed by atoms with Gasteiger partial charge in [0.2, 0.25) is 0 Å². The predicted molar refractivity (Wildman–Crippen MR) is 57.0 cm³/mol. The molecule has 1 aromatic rings. The minimum absolute atomic E-state index is 0.416. The summed E-state index contributed by atoms with van der Waals surface area (Å²) in [6, 6.07) is 4.33. The molecule has 1 N–H and O–H groups in total. The van der Waals surface area contributed by atoms with E-state index in [1.807, 2.05) is 23.9 Å². The van der Waals surface area contributed by atoms with E-state index in [0.717, 1.165) is 19.4 Å². The van der Waals surface area contributed by atoms with Crippen molar-refractivity contribution >= 4 is 0 Å². The van der Waals surface area contributed by atoms with Crippen LogP contribution in [0.4, 0.5) is 0 Å². The summed E-state index contributed by atoms with van der Waals surface area (Å²) >= 11 is 0. The molecule has 1 fully saturated rings. The molecular formula is C11H16N4. The summed E-state index contributed by atoms with van der Waals surface area (Å²) in [6.07, 6.45) is 5.97. The van der Waals surface area contributed by atoms with Crippen LogP contribution in [0.2, 0.25) is 0 Å². The number of nitriles is 1. The van der Waals surface area contributed by atoms with Gasteiger partial charge in [-0.2, -0.15) is 10.4 Å². The summed E-state index contributed by atoms with van der Waals surface area (Å²) in [7, 11) is 0. The highest BCUT2D eigenvalue weighted by atomic mass is 15.3. The van der Waals surface area contributed by atoms with Crippen molar-refractivity contribution in [2.45, 2.75) is 31.8 Å². The van der Waals surface area contributed by atoms with E-state index in [0.29, 0.717) is 12.5 Å². The molecule has 80 valence electrons. The van der Waals surface area contributed by atoms with Crippen molar-refractivity contribution in [3.8, 4) is 6.07 Å². The van der Waals surface area contributed by atoms with Crippen molar-refractivity contribution in [1.82, 2.24) is 15.1 Å². The molecule has 0 spiro atoms. The van der Waals surface area contributed by atoms with Gasteiger partial charge in [0, 0.05) is 12.4 Å². The maximum atomic E-state index is 9.36. The van der Waals surface area contributed by atoms with Gasteiger partial charge < -0.3 is 0 Å². The number of nitrogens with zero attached hydrogens (tertiary/aromatic N) is 3. The molecular weight excluding hydrogens is 188 g/mol. The Morgan fingerprint density at radius 3 is 2.93 bits per heavy atom. The van der Waals surface area contributed by atoms with E-state index in [1.54, 1.807) is 6.20 Å². The van der Waals surface area contributed by atoms with Gasteiger partial charge in [-0.05, 0) is 31.4 Å². The Morgan fingerprint density at radius 2 is 2.47 bits per heavy atom. The topological polar surface area (TPSA) is 53.6 Å². The van der Waals surface area contributed by atoms with Crippen molar-refractivity contribution in [3.63, 3.8) is 0 Å². The Labute approximate surface area is 89.9 Å². The first-order valence-electron chi connectivity index (χ1n) is 5.44. The van der Waals surface area contributed by atoms with Gasteiger partial charge in [-0.1, -0.05) is 6.92 Å². The molecule has 15 heavy (non-hydrogen) atoms. The molecule has 0 radical (unpaired) electrons. The predicted octanol–water partition coefficient (Wildman–Crippen LogP) is 1.16. The van der Waals surface area contributed by atoms with Crippen LogP contribution in [-0.2, 0) is 6.54 Å². The van der Waals surface area contributed by atoms with Gasteiger partial charge in [-0.3, -0.25) is 10.00 Å². The fraction of sp³-hybridized carbons (Fsp3) is 0.636. The maximum absolute atomic E-state index is 9.36. The molecule has 1 saturated carbocycles. The molecule has 0 amide bonds. The molecule has 0 aliphatic heterocycles. The molecule has 1 aromatic heterocycles. The standard InChI is InChI=1S/C11H16N4/c1-2-13-11(8-12,10-4-5-10)9-15-7-3-6-14-15/h3,6-7,10,13H,2,4-5,9H2,1H3. The molecule has 4 heteroatoms. The largest absolute Gasteiger partial charge is 0.298 e. The highest BCUT2D eigenvalue weighted by molar-refractivity contribution is 5.14. The van der Waals surface area contributed by atoms with E-state index in [-0.39, 0.29) is 0 Å². The van der Waals surface area contributed by atoms with Crippen LogP contribution in [0, 0.1) is 17.2 Å². The van der Waals surface area contributed by atoms with E-state index >= 15 is 0 Å². The van der Waals surface area contributed by atoms with Crippen LogP contribution in [0.5, 0.6) is 0 Å². The summed E-state index contributed by atoms with van der Waals surface area (Å²) in [5, 5.41) is 16.9. The van der Waals surface area contributed by atoms with Gasteiger partial charge >= 0.3 is 0 Å². The Morgan fingerprint density at radius 1 is 1.67 bits per heavy atom. The molecule has 0 bridgehead atoms. The molecule has 2 rings (SSSR count). The van der Waals surface area contributed by atoms with Crippen LogP contribution in [0.3, 0.4) is 0 Å². The van der Waals surface area contributed by atoms with E-state index in [4.69, 9.17) is 0 Å². The lowest BCUT2D eigenvalue weighted by atomic mass is 9.95. The minimum atomic E-state index is -0.416. The lowest BCUT2D eigenvalue weighted by molar-refractivity contribution is 0.311. The second-order valence-corrected chi connectivity index (χ2v) is 4.09. The average molecular weight is 204 g/mol. The lowest BCUT2D eigenvalue weighted by Gasteiger charge is -2.27. The van der Waals surface area contributed by atoms with Gasteiger partial charge in [0.15, 0.2) is 0 Å². The van der Waals surface area contributed by atoms with Crippen molar-refractivity contribution < 1.29 is 0 Å². The van der Waals surface area contributed by atoms with E-state index in [1.165, 1.54) is 0 Å². The SMILES string of the molecule is CCNC(C#N)(Cn1cccn1)C1CC1. The Hall–Kier alpha value is -1.34. The molecule has 0 aromatic carbocycles. The summed E-state index contributed by atoms with van der Waals surface area (Å²) in [5.74, 6) is 0.492. The smallest absolute Gasteiger partial charge is 0.129 e. The van der Waals surface area contributed by atoms with E-state index < -0.39 is 5.54 Å². The van der Waals surface area contributed by atoms with Gasteiger partial charge in [0.1, 0.15) is 5.54 Å². The quantitative estimate of drug-likeness (QED) is 0.783. The van der Waals surface area contributed by atoms with Crippen molar-refractivity contribution in [3.05, 3.63) is 18.5 Å². The first kappa shape index (κ1) is 10.2. The van der Waals surface area contributed by atoms with Crippen molar-refractivity contribution in [1.29, 1.82) is 5.26 Å². The van der Waals surface area contributed by atoms with Crippen molar-refractivity contribution in [2.75, 3.05) is 6.54 Å². The van der Waals surface area contributed by atoms with Crippen LogP contribution < -0.4 is 5.32 Å². The Bertz CT molecular complexity index is 347. The van der Waals surface area contributed by atoms with Crippen molar-refractivity contribution in [2.24, 2.45) is 5.92 Å². The fourth-order valence-corrected chi connectivity index (χ4v) is 2.04. The molecule has 1 atom stereocenters. The maximum Gasteiger partial charge on any atom is 0.129 e. The zero-order chi connectivity index (χ0) is 10.7. The van der Waals surface area contributed by atoms with E-state index in [9.17, 15) is 5.26 Å². The van der Waals surface area contributed by atoms with Crippen LogP contribution in [0.25, 0.3) is 0 Å². The first-order valence-corrected chi connectivity index (χ1v) is 5.44. The number of hydrogen-bond donors (Lipinski definition) is 1. The fourth-order valence-electron chi connectivity index (χ4n) is 2.04. The van der Waals surface area contributed by atoms with E-state index in [2.05, 4.69) is 16.5 Å². The van der Waals surface area contributed by atoms with Gasteiger partial charge in [0.25, 0.3) is 0 Å². The van der Waals surface area contributed by atoms with Gasteiger partial charge in [0.05, 0.1) is 12.6 Å². The molecule has 1 aliphatic carbocycles. The third-order valence-corrected chi connectivity index (χ3v) is 2.94. The monoisotopic (exact) mass is 204 g/mol. The van der Waals surface area contributed by atoms with Crippen LogP contribution in [0.1, 0.15) is 19.8 Å². The normalized spacial score (nSPS) is 19.5. The minimum Gasteiger partial charge on any atom is -0.298 e. The molecule has 4 nitrogen and oxygen atoms in total. The second kappa shape index (κ2) is 4.03. The highest BCUT2D eigenvalue weighted by Gasteiger charge is 2.45. The second-order valence-electron chi connectivity index (χ2n) is 4.09. The van der Waals surface area contributed by atoms with Gasteiger partial charge in [-0.15, -0.1) is 0 Å². The summed E-state index contributed by atoms with van der Waals surface area (Å²) in [4.78, 5) is 0. The molecule has 1 unspecified atom stereocenters. The highest BCUT2D eigenvalue weighted by Crippen LogP contribution is 2.40. The van der Waals surface area contributed by atoms with Crippen LogP contribution in [-0.4, -0.2) is 21.9 Å². The third kappa shape index (κ3) is 2.02. The third-order valence-electron chi connectivity index (χ3n) is 2.94. The first-order chi connectivity index (χ1) is 7.30. The van der Waals surface area contributed by atoms with Crippen LogP contribution >= 0.6 is 0 Å². The summed E-state index contributed by atoms with van der Waals surface area (Å²) in [6.45, 7) is 3.51. The van der Waals surface area contributed by atoms with Gasteiger partial charge in [-0.25, -0.2) is 0 Å². The number of aromatic nitrogens is 2. The lowest BCUT2D eigenvalue weighted by Crippen LogP contribution is -2.49. The zero-order valence-electron chi connectivity index (χ0n) is 8.98. The number of rotatable bonds is 5. The summed E-state index contributed by atoms with van der Waals surface area (Å²) in [5.41, 5.74) is -0.416. The molecule has 1 aliphatic rings. The molecule has 0 saturated heterocycles. The van der Waals surface area contributed by atoms with Crippen LogP contribution in [0.15, 0.2) is 18.5 Å². The number of nitrogens with one attached hydrogen (secondary N) is 1. The molecule has 1 heterocycles. The Balaban J connectivity index is 2.14. The number of likely N-dealkylation sites (N-methyl/N-ethyl adjacent to an activating group) is 1.